The molecule has 1 aromatic heterocycles. The minimum atomic E-state index is 0.205. The van der Waals surface area contributed by atoms with Gasteiger partial charge in [0.2, 0.25) is 0 Å². The van der Waals surface area contributed by atoms with Gasteiger partial charge in [0.1, 0.15) is 11.6 Å². The number of fused-ring (bicyclic) bond motifs is 1. The highest BCUT2D eigenvalue weighted by Crippen LogP contribution is 2.23. The molecule has 0 fully saturated rings. The molecule has 0 radical (unpaired) electrons. The molecule has 0 atom stereocenters. The van der Waals surface area contributed by atoms with E-state index in [4.69, 9.17) is 4.74 Å². The van der Waals surface area contributed by atoms with Crippen molar-refractivity contribution in [1.29, 1.82) is 0 Å². The van der Waals surface area contributed by atoms with Crippen molar-refractivity contribution in [3.05, 3.63) is 36.3 Å². The number of nitrogens with zero attached hydrogens (tertiary/aromatic N) is 2. The molecule has 0 saturated carbocycles. The number of imidazole rings is 1. The molecule has 0 spiro atoms. The molecule has 2 heterocycles. The summed E-state index contributed by atoms with van der Waals surface area (Å²) in [5.74, 6) is 2.02. The van der Waals surface area contributed by atoms with Crippen molar-refractivity contribution in [3.8, 4) is 17.0 Å². The highest BCUT2D eigenvalue weighted by Gasteiger charge is 2.12. The summed E-state index contributed by atoms with van der Waals surface area (Å²) in [7, 11) is 0. The fraction of sp³-hybridized carbons (Fsp3) is 0.400. The lowest BCUT2D eigenvalue weighted by Gasteiger charge is -2.13. The van der Waals surface area contributed by atoms with Crippen LogP contribution < -0.4 is 10.1 Å². The lowest BCUT2D eigenvalue weighted by atomic mass is 10.1. The first kappa shape index (κ1) is 12.2. The fourth-order valence-corrected chi connectivity index (χ4v) is 2.30. The van der Waals surface area contributed by atoms with Crippen molar-refractivity contribution in [1.82, 2.24) is 14.9 Å². The molecular formula is C15H19N3O. The molecule has 100 valence electrons. The molecule has 2 aromatic rings. The van der Waals surface area contributed by atoms with Crippen LogP contribution in [-0.4, -0.2) is 22.2 Å². The fourth-order valence-electron chi connectivity index (χ4n) is 2.30. The Bertz CT molecular complexity index is 534. The van der Waals surface area contributed by atoms with E-state index in [0.29, 0.717) is 0 Å². The molecule has 1 N–H and O–H groups in total. The van der Waals surface area contributed by atoms with E-state index in [-0.39, 0.29) is 6.10 Å². The molecule has 0 saturated heterocycles. The molecule has 4 nitrogen and oxygen atoms in total. The van der Waals surface area contributed by atoms with Crippen molar-refractivity contribution in [2.45, 2.75) is 33.0 Å². The van der Waals surface area contributed by atoms with Crippen LogP contribution in [0.1, 0.15) is 19.7 Å². The minimum Gasteiger partial charge on any atom is -0.491 e. The van der Waals surface area contributed by atoms with E-state index in [1.54, 1.807) is 0 Å². The van der Waals surface area contributed by atoms with E-state index in [2.05, 4.69) is 33.2 Å². The van der Waals surface area contributed by atoms with Crippen LogP contribution in [-0.2, 0) is 13.1 Å². The lowest BCUT2D eigenvalue weighted by Crippen LogP contribution is -2.27. The third-order valence-electron chi connectivity index (χ3n) is 3.19. The summed E-state index contributed by atoms with van der Waals surface area (Å²) in [5, 5.41) is 3.33. The van der Waals surface area contributed by atoms with Crippen molar-refractivity contribution >= 4 is 0 Å². The summed E-state index contributed by atoms with van der Waals surface area (Å²) in [5.41, 5.74) is 2.17. The highest BCUT2D eigenvalue weighted by atomic mass is 16.5. The standard InChI is InChI=1S/C15H19N3O/c1-11(2)19-13-5-3-12(4-6-13)14-10-18-8-7-16-9-15(18)17-14/h3-6,10-11,16H,7-9H2,1-2H3. The van der Waals surface area contributed by atoms with Crippen molar-refractivity contribution < 1.29 is 4.74 Å². The molecule has 0 bridgehead atoms. The zero-order chi connectivity index (χ0) is 13.2. The average molecular weight is 257 g/mol. The summed E-state index contributed by atoms with van der Waals surface area (Å²) >= 11 is 0. The molecular weight excluding hydrogens is 238 g/mol. The molecule has 0 unspecified atom stereocenters. The summed E-state index contributed by atoms with van der Waals surface area (Å²) in [6.07, 6.45) is 2.34. The van der Waals surface area contributed by atoms with Crippen LogP contribution in [0.5, 0.6) is 5.75 Å². The Balaban J connectivity index is 1.83. The van der Waals surface area contributed by atoms with Gasteiger partial charge >= 0.3 is 0 Å². The lowest BCUT2D eigenvalue weighted by molar-refractivity contribution is 0.242. The summed E-state index contributed by atoms with van der Waals surface area (Å²) in [6.45, 7) is 6.93. The second-order valence-electron chi connectivity index (χ2n) is 5.10. The van der Waals surface area contributed by atoms with E-state index < -0.39 is 0 Å². The first-order valence-electron chi connectivity index (χ1n) is 6.76. The van der Waals surface area contributed by atoms with Crippen LogP contribution in [0, 0.1) is 0 Å². The second-order valence-corrected chi connectivity index (χ2v) is 5.10. The number of rotatable bonds is 3. The van der Waals surface area contributed by atoms with Crippen molar-refractivity contribution in [3.63, 3.8) is 0 Å². The van der Waals surface area contributed by atoms with Gasteiger partial charge in [-0.25, -0.2) is 4.98 Å². The minimum absolute atomic E-state index is 0.205. The summed E-state index contributed by atoms with van der Waals surface area (Å²) in [4.78, 5) is 4.67. The molecule has 1 aliphatic heterocycles. The second kappa shape index (κ2) is 5.05. The van der Waals surface area contributed by atoms with Crippen LogP contribution in [0.25, 0.3) is 11.3 Å². The normalized spacial score (nSPS) is 14.5. The smallest absolute Gasteiger partial charge is 0.123 e. The first-order valence-corrected chi connectivity index (χ1v) is 6.76. The number of benzene rings is 1. The van der Waals surface area contributed by atoms with Gasteiger partial charge in [-0.15, -0.1) is 0 Å². The van der Waals surface area contributed by atoms with Gasteiger partial charge in [-0.05, 0) is 38.1 Å². The predicted molar refractivity (Wildman–Crippen MR) is 75.1 cm³/mol. The Kier molecular flexibility index (Phi) is 3.25. The van der Waals surface area contributed by atoms with Gasteiger partial charge in [0.05, 0.1) is 18.3 Å². The predicted octanol–water partition coefficient (Wildman–Crippen LogP) is 2.44. The van der Waals surface area contributed by atoms with Crippen LogP contribution >= 0.6 is 0 Å². The largest absolute Gasteiger partial charge is 0.491 e. The zero-order valence-corrected chi connectivity index (χ0v) is 11.4. The quantitative estimate of drug-likeness (QED) is 0.918. The molecule has 0 amide bonds. The third-order valence-corrected chi connectivity index (χ3v) is 3.19. The van der Waals surface area contributed by atoms with Gasteiger partial charge in [-0.1, -0.05) is 0 Å². The van der Waals surface area contributed by atoms with Crippen LogP contribution in [0.2, 0.25) is 0 Å². The Labute approximate surface area is 113 Å². The van der Waals surface area contributed by atoms with Crippen LogP contribution in [0.15, 0.2) is 30.5 Å². The van der Waals surface area contributed by atoms with E-state index in [1.165, 1.54) is 0 Å². The van der Waals surface area contributed by atoms with Gasteiger partial charge in [-0.3, -0.25) is 0 Å². The Hall–Kier alpha value is -1.81. The maximum Gasteiger partial charge on any atom is 0.123 e. The molecule has 1 aromatic carbocycles. The molecule has 4 heteroatoms. The Morgan fingerprint density at radius 2 is 2.05 bits per heavy atom. The molecule has 19 heavy (non-hydrogen) atoms. The summed E-state index contributed by atoms with van der Waals surface area (Å²) in [6, 6.07) is 8.15. The van der Waals surface area contributed by atoms with Crippen molar-refractivity contribution in [2.75, 3.05) is 6.54 Å². The number of nitrogens with one attached hydrogen (secondary N) is 1. The molecule has 0 aliphatic carbocycles. The van der Waals surface area contributed by atoms with Gasteiger partial charge in [0, 0.05) is 24.8 Å². The Morgan fingerprint density at radius 3 is 2.74 bits per heavy atom. The van der Waals surface area contributed by atoms with Gasteiger partial charge in [0.15, 0.2) is 0 Å². The van der Waals surface area contributed by atoms with E-state index in [9.17, 15) is 0 Å². The van der Waals surface area contributed by atoms with E-state index in [0.717, 1.165) is 42.5 Å². The Morgan fingerprint density at radius 1 is 1.26 bits per heavy atom. The topological polar surface area (TPSA) is 39.1 Å². The van der Waals surface area contributed by atoms with E-state index >= 15 is 0 Å². The van der Waals surface area contributed by atoms with Crippen LogP contribution in [0.3, 0.4) is 0 Å². The third kappa shape index (κ3) is 2.63. The van der Waals surface area contributed by atoms with Crippen LogP contribution in [0.4, 0.5) is 0 Å². The average Bonchev–Trinajstić information content (AvgIpc) is 2.82. The number of hydrogen-bond acceptors (Lipinski definition) is 3. The first-order chi connectivity index (χ1) is 9.22. The number of hydrogen-bond donors (Lipinski definition) is 1. The maximum atomic E-state index is 5.65. The van der Waals surface area contributed by atoms with Gasteiger partial charge in [-0.2, -0.15) is 0 Å². The molecule has 3 rings (SSSR count). The zero-order valence-electron chi connectivity index (χ0n) is 11.4. The number of aromatic nitrogens is 2. The SMILES string of the molecule is CC(C)Oc1ccc(-c2cn3c(n2)CNCC3)cc1. The maximum absolute atomic E-state index is 5.65. The van der Waals surface area contributed by atoms with Crippen molar-refractivity contribution in [2.24, 2.45) is 0 Å². The molecule has 1 aliphatic rings. The summed E-state index contributed by atoms with van der Waals surface area (Å²) < 4.78 is 7.88. The van der Waals surface area contributed by atoms with Gasteiger partial charge in [0.25, 0.3) is 0 Å². The highest BCUT2D eigenvalue weighted by molar-refractivity contribution is 5.59. The van der Waals surface area contributed by atoms with E-state index in [1.807, 2.05) is 26.0 Å². The number of ether oxygens (including phenoxy) is 1. The monoisotopic (exact) mass is 257 g/mol. The van der Waals surface area contributed by atoms with Gasteiger partial charge < -0.3 is 14.6 Å².